The first-order valence-corrected chi connectivity index (χ1v) is 8.53. The van der Waals surface area contributed by atoms with E-state index in [2.05, 4.69) is 32.8 Å². The van der Waals surface area contributed by atoms with Crippen molar-refractivity contribution in [2.45, 2.75) is 25.3 Å². The molecular weight excluding hydrogens is 334 g/mol. The zero-order chi connectivity index (χ0) is 13.9. The normalized spacial score (nSPS) is 18.4. The van der Waals surface area contributed by atoms with Gasteiger partial charge in [0.1, 0.15) is 0 Å². The fraction of sp³-hybridized carbons (Fsp3) is 0.312. The van der Waals surface area contributed by atoms with Gasteiger partial charge in [-0.25, -0.2) is 0 Å². The Morgan fingerprint density at radius 1 is 1.30 bits per heavy atom. The Morgan fingerprint density at radius 2 is 2.10 bits per heavy atom. The van der Waals surface area contributed by atoms with Crippen LogP contribution < -0.4 is 0 Å². The van der Waals surface area contributed by atoms with Crippen molar-refractivity contribution in [2.75, 3.05) is 6.54 Å². The van der Waals surface area contributed by atoms with Crippen LogP contribution in [0.2, 0.25) is 0 Å². The number of amides is 1. The second-order valence-corrected chi connectivity index (χ2v) is 6.80. The number of thiophene rings is 1. The third-order valence-electron chi connectivity index (χ3n) is 3.77. The van der Waals surface area contributed by atoms with Crippen LogP contribution in [0.5, 0.6) is 0 Å². The Kier molecular flexibility index (Phi) is 4.22. The summed E-state index contributed by atoms with van der Waals surface area (Å²) in [4.78, 5) is 14.6. The van der Waals surface area contributed by atoms with E-state index in [1.807, 2.05) is 29.2 Å². The van der Waals surface area contributed by atoms with Gasteiger partial charge in [0.15, 0.2) is 0 Å². The van der Waals surface area contributed by atoms with Crippen LogP contribution in [0.3, 0.4) is 0 Å². The number of benzene rings is 1. The largest absolute Gasteiger partial charge is 0.335 e. The molecule has 1 aromatic heterocycles. The van der Waals surface area contributed by atoms with Gasteiger partial charge in [0.2, 0.25) is 5.91 Å². The average Bonchev–Trinajstić information content (AvgIpc) is 3.11. The number of carbonyl (C=O) groups excluding carboxylic acids is 1. The van der Waals surface area contributed by atoms with Gasteiger partial charge in [-0.05, 0) is 52.9 Å². The van der Waals surface area contributed by atoms with E-state index < -0.39 is 0 Å². The van der Waals surface area contributed by atoms with Gasteiger partial charge in [-0.2, -0.15) is 11.3 Å². The molecule has 0 bridgehead atoms. The molecule has 2 aromatic rings. The van der Waals surface area contributed by atoms with Crippen LogP contribution >= 0.6 is 27.3 Å². The van der Waals surface area contributed by atoms with Gasteiger partial charge in [0.25, 0.3) is 0 Å². The second kappa shape index (κ2) is 6.10. The van der Waals surface area contributed by atoms with E-state index in [-0.39, 0.29) is 11.9 Å². The van der Waals surface area contributed by atoms with Crippen molar-refractivity contribution in [1.29, 1.82) is 0 Å². The second-order valence-electron chi connectivity index (χ2n) is 5.11. The van der Waals surface area contributed by atoms with E-state index in [0.29, 0.717) is 6.42 Å². The number of likely N-dealkylation sites (tertiary alicyclic amines) is 1. The molecule has 20 heavy (non-hydrogen) atoms. The van der Waals surface area contributed by atoms with Crippen molar-refractivity contribution in [1.82, 2.24) is 4.90 Å². The first-order valence-electron chi connectivity index (χ1n) is 6.80. The summed E-state index contributed by atoms with van der Waals surface area (Å²) >= 11 is 5.12. The first-order chi connectivity index (χ1) is 9.74. The van der Waals surface area contributed by atoms with Crippen molar-refractivity contribution < 1.29 is 4.79 Å². The minimum absolute atomic E-state index is 0.237. The standard InChI is InChI=1S/C16H16BrNOS/c17-14-5-3-12(4-6-14)10-16(19)18-8-1-2-15(18)13-7-9-20-11-13/h3-7,9,11,15H,1-2,8,10H2. The SMILES string of the molecule is O=C(Cc1ccc(Br)cc1)N1CCCC1c1ccsc1. The van der Waals surface area contributed by atoms with Crippen LogP contribution in [0.4, 0.5) is 0 Å². The molecule has 1 aliphatic heterocycles. The third-order valence-corrected chi connectivity index (χ3v) is 5.00. The zero-order valence-electron chi connectivity index (χ0n) is 11.1. The molecule has 1 aromatic carbocycles. The van der Waals surface area contributed by atoms with Crippen LogP contribution in [0.1, 0.15) is 30.0 Å². The van der Waals surface area contributed by atoms with Crippen LogP contribution in [0, 0.1) is 0 Å². The number of nitrogens with zero attached hydrogens (tertiary/aromatic N) is 1. The highest BCUT2D eigenvalue weighted by Crippen LogP contribution is 2.33. The molecule has 0 saturated carbocycles. The molecule has 4 heteroatoms. The maximum Gasteiger partial charge on any atom is 0.227 e. The maximum atomic E-state index is 12.5. The van der Waals surface area contributed by atoms with Gasteiger partial charge < -0.3 is 4.90 Å². The predicted octanol–water partition coefficient (Wildman–Crippen LogP) is 4.42. The smallest absolute Gasteiger partial charge is 0.227 e. The minimum Gasteiger partial charge on any atom is -0.335 e. The van der Waals surface area contributed by atoms with Crippen LogP contribution in [-0.4, -0.2) is 17.4 Å². The lowest BCUT2D eigenvalue weighted by atomic mass is 10.1. The maximum absolute atomic E-state index is 12.5. The molecule has 2 heterocycles. The highest BCUT2D eigenvalue weighted by molar-refractivity contribution is 9.10. The molecule has 0 spiro atoms. The molecule has 1 aliphatic rings. The summed E-state index contributed by atoms with van der Waals surface area (Å²) in [6, 6.07) is 10.4. The number of carbonyl (C=O) groups is 1. The Hall–Kier alpha value is -1.13. The monoisotopic (exact) mass is 349 g/mol. The molecule has 1 amide bonds. The van der Waals surface area contributed by atoms with E-state index in [0.717, 1.165) is 29.4 Å². The predicted molar refractivity (Wildman–Crippen MR) is 85.9 cm³/mol. The van der Waals surface area contributed by atoms with Crippen molar-refractivity contribution in [3.05, 3.63) is 56.7 Å². The van der Waals surface area contributed by atoms with Gasteiger partial charge in [-0.3, -0.25) is 4.79 Å². The van der Waals surface area contributed by atoms with Crippen molar-refractivity contribution in [3.8, 4) is 0 Å². The van der Waals surface area contributed by atoms with Gasteiger partial charge in [0.05, 0.1) is 12.5 Å². The lowest BCUT2D eigenvalue weighted by molar-refractivity contribution is -0.131. The first kappa shape index (κ1) is 13.8. The molecule has 0 radical (unpaired) electrons. The molecular formula is C16H16BrNOS. The van der Waals surface area contributed by atoms with E-state index >= 15 is 0 Å². The van der Waals surface area contributed by atoms with Gasteiger partial charge in [-0.1, -0.05) is 28.1 Å². The topological polar surface area (TPSA) is 20.3 Å². The molecule has 1 fully saturated rings. The molecule has 1 saturated heterocycles. The van der Waals surface area contributed by atoms with Crippen LogP contribution in [0.25, 0.3) is 0 Å². The molecule has 1 atom stereocenters. The van der Waals surface area contributed by atoms with E-state index in [1.54, 1.807) is 11.3 Å². The molecule has 0 N–H and O–H groups in total. The Bertz CT molecular complexity index is 579. The quantitative estimate of drug-likeness (QED) is 0.803. The zero-order valence-corrected chi connectivity index (χ0v) is 13.5. The number of hydrogen-bond donors (Lipinski definition) is 0. The molecule has 2 nitrogen and oxygen atoms in total. The summed E-state index contributed by atoms with van der Waals surface area (Å²) in [7, 11) is 0. The Labute approximate surface area is 131 Å². The summed E-state index contributed by atoms with van der Waals surface area (Å²) in [6.07, 6.45) is 2.68. The van der Waals surface area contributed by atoms with Gasteiger partial charge >= 0.3 is 0 Å². The van der Waals surface area contributed by atoms with Crippen LogP contribution in [-0.2, 0) is 11.2 Å². The third kappa shape index (κ3) is 2.96. The van der Waals surface area contributed by atoms with E-state index in [4.69, 9.17) is 0 Å². The Balaban J connectivity index is 1.71. The fourth-order valence-electron chi connectivity index (χ4n) is 2.75. The van der Waals surface area contributed by atoms with E-state index in [1.165, 1.54) is 5.56 Å². The summed E-state index contributed by atoms with van der Waals surface area (Å²) in [6.45, 7) is 0.885. The summed E-state index contributed by atoms with van der Waals surface area (Å²) in [5, 5.41) is 4.25. The lowest BCUT2D eigenvalue weighted by Gasteiger charge is -2.24. The molecule has 3 rings (SSSR count). The molecule has 104 valence electrons. The Morgan fingerprint density at radius 3 is 2.80 bits per heavy atom. The highest BCUT2D eigenvalue weighted by Gasteiger charge is 2.29. The molecule has 0 aliphatic carbocycles. The van der Waals surface area contributed by atoms with Crippen molar-refractivity contribution >= 4 is 33.2 Å². The van der Waals surface area contributed by atoms with Crippen molar-refractivity contribution in [2.24, 2.45) is 0 Å². The number of rotatable bonds is 3. The minimum atomic E-state index is 0.237. The summed E-state index contributed by atoms with van der Waals surface area (Å²) in [5.74, 6) is 0.237. The number of halogens is 1. The average molecular weight is 350 g/mol. The fourth-order valence-corrected chi connectivity index (χ4v) is 3.73. The van der Waals surface area contributed by atoms with Gasteiger partial charge in [0, 0.05) is 11.0 Å². The summed E-state index contributed by atoms with van der Waals surface area (Å²) in [5.41, 5.74) is 2.37. The van der Waals surface area contributed by atoms with Crippen molar-refractivity contribution in [3.63, 3.8) is 0 Å². The lowest BCUT2D eigenvalue weighted by Crippen LogP contribution is -2.31. The summed E-state index contributed by atoms with van der Waals surface area (Å²) < 4.78 is 1.05. The van der Waals surface area contributed by atoms with Gasteiger partial charge in [-0.15, -0.1) is 0 Å². The number of hydrogen-bond acceptors (Lipinski definition) is 2. The van der Waals surface area contributed by atoms with Crippen LogP contribution in [0.15, 0.2) is 45.6 Å². The highest BCUT2D eigenvalue weighted by atomic mass is 79.9. The van der Waals surface area contributed by atoms with E-state index in [9.17, 15) is 4.79 Å². The molecule has 1 unspecified atom stereocenters.